The van der Waals surface area contributed by atoms with Crippen LogP contribution in [0.4, 0.5) is 0 Å². The lowest BCUT2D eigenvalue weighted by atomic mass is 9.93. The maximum Gasteiger partial charge on any atom is 0.258 e. The number of fused-ring (bicyclic) bond motifs is 1. The van der Waals surface area contributed by atoms with Crippen LogP contribution in [0.1, 0.15) is 30.1 Å². The van der Waals surface area contributed by atoms with Gasteiger partial charge in [-0.15, -0.1) is 5.10 Å². The zero-order chi connectivity index (χ0) is 17.9. The molecule has 2 heterocycles. The molecule has 134 valence electrons. The Kier molecular flexibility index (Phi) is 4.34. The minimum atomic E-state index is -0.142. The lowest BCUT2D eigenvalue weighted by molar-refractivity contribution is -0.123. The maximum absolute atomic E-state index is 12.3. The summed E-state index contributed by atoms with van der Waals surface area (Å²) >= 11 is 0. The van der Waals surface area contributed by atoms with Gasteiger partial charge in [0.25, 0.3) is 5.91 Å². The van der Waals surface area contributed by atoms with Crippen LogP contribution in [0.15, 0.2) is 36.8 Å². The quantitative estimate of drug-likeness (QED) is 0.734. The molecular weight excluding hydrogens is 334 g/mol. The van der Waals surface area contributed by atoms with Gasteiger partial charge in [-0.1, -0.05) is 0 Å². The molecule has 1 atom stereocenters. The van der Waals surface area contributed by atoms with Crippen molar-refractivity contribution in [1.29, 1.82) is 0 Å². The normalized spacial score (nSPS) is 16.1. The summed E-state index contributed by atoms with van der Waals surface area (Å²) in [7, 11) is 1.94. The highest BCUT2D eigenvalue weighted by Crippen LogP contribution is 2.29. The van der Waals surface area contributed by atoms with Gasteiger partial charge < -0.3 is 10.1 Å². The average Bonchev–Trinajstić information content (AvgIpc) is 3.32. The van der Waals surface area contributed by atoms with Crippen LogP contribution in [0, 0.1) is 0 Å². The summed E-state index contributed by atoms with van der Waals surface area (Å²) in [5.41, 5.74) is 3.12. The Morgan fingerprint density at radius 3 is 2.96 bits per heavy atom. The summed E-state index contributed by atoms with van der Waals surface area (Å²) in [6.07, 6.45) is 6.32. The van der Waals surface area contributed by atoms with Gasteiger partial charge >= 0.3 is 0 Å². The minimum Gasteiger partial charge on any atom is -0.484 e. The molecule has 9 nitrogen and oxygen atoms in total. The second-order valence-corrected chi connectivity index (χ2v) is 6.22. The minimum absolute atomic E-state index is 0.00532. The summed E-state index contributed by atoms with van der Waals surface area (Å²) in [6, 6.07) is 7.22. The molecule has 1 amide bonds. The fraction of sp³-hybridized carbons (Fsp3) is 0.353. The van der Waals surface area contributed by atoms with Crippen molar-refractivity contribution >= 4 is 5.91 Å². The number of hydrogen-bond donors (Lipinski definition) is 1. The highest BCUT2D eigenvalue weighted by molar-refractivity contribution is 5.78. The van der Waals surface area contributed by atoms with E-state index in [1.807, 2.05) is 30.1 Å². The Morgan fingerprint density at radius 1 is 1.35 bits per heavy atom. The summed E-state index contributed by atoms with van der Waals surface area (Å²) in [5.74, 6) is 0.471. The van der Waals surface area contributed by atoms with Crippen LogP contribution in [0.3, 0.4) is 0 Å². The van der Waals surface area contributed by atoms with Crippen LogP contribution in [0.5, 0.6) is 5.75 Å². The predicted octanol–water partition coefficient (Wildman–Crippen LogP) is 0.968. The summed E-state index contributed by atoms with van der Waals surface area (Å²) < 4.78 is 9.01. The summed E-state index contributed by atoms with van der Waals surface area (Å²) in [5, 5.41) is 18.4. The first-order chi connectivity index (χ1) is 12.7. The number of tetrazole rings is 1. The first-order valence-corrected chi connectivity index (χ1v) is 8.47. The van der Waals surface area contributed by atoms with E-state index < -0.39 is 0 Å². The monoisotopic (exact) mass is 353 g/mol. The van der Waals surface area contributed by atoms with Crippen LogP contribution in [-0.4, -0.2) is 42.5 Å². The van der Waals surface area contributed by atoms with Gasteiger partial charge in [0, 0.05) is 18.3 Å². The van der Waals surface area contributed by atoms with Crippen molar-refractivity contribution in [1.82, 2.24) is 35.3 Å². The molecule has 0 aliphatic heterocycles. The molecule has 0 unspecified atom stereocenters. The van der Waals surface area contributed by atoms with E-state index in [9.17, 15) is 4.79 Å². The van der Waals surface area contributed by atoms with Crippen LogP contribution >= 0.6 is 0 Å². The number of aryl methyl sites for hydroxylation is 1. The Morgan fingerprint density at radius 2 is 2.19 bits per heavy atom. The maximum atomic E-state index is 12.3. The summed E-state index contributed by atoms with van der Waals surface area (Å²) in [4.78, 5) is 12.3. The first kappa shape index (κ1) is 16.2. The zero-order valence-electron chi connectivity index (χ0n) is 14.4. The Labute approximate surface area is 150 Å². The van der Waals surface area contributed by atoms with E-state index in [1.54, 1.807) is 16.8 Å². The van der Waals surface area contributed by atoms with Gasteiger partial charge in [0.1, 0.15) is 12.1 Å². The molecule has 4 rings (SSSR count). The number of rotatable bonds is 5. The highest BCUT2D eigenvalue weighted by atomic mass is 16.5. The lowest BCUT2D eigenvalue weighted by Gasteiger charge is -2.23. The van der Waals surface area contributed by atoms with E-state index in [4.69, 9.17) is 4.74 Å². The third-order valence-corrected chi connectivity index (χ3v) is 4.53. The number of hydrogen-bond acceptors (Lipinski definition) is 6. The van der Waals surface area contributed by atoms with Gasteiger partial charge in [0.15, 0.2) is 6.61 Å². The van der Waals surface area contributed by atoms with Gasteiger partial charge in [-0.3, -0.25) is 9.48 Å². The van der Waals surface area contributed by atoms with Crippen LogP contribution in [0.25, 0.3) is 5.69 Å². The number of benzene rings is 1. The van der Waals surface area contributed by atoms with Crippen molar-refractivity contribution < 1.29 is 9.53 Å². The third kappa shape index (κ3) is 3.28. The highest BCUT2D eigenvalue weighted by Gasteiger charge is 2.24. The molecule has 9 heteroatoms. The second kappa shape index (κ2) is 6.95. The topological polar surface area (TPSA) is 99.8 Å². The molecule has 1 N–H and O–H groups in total. The first-order valence-electron chi connectivity index (χ1n) is 8.47. The SMILES string of the molecule is Cn1ncc2c1CCC[C@H]2NC(=O)COc1ccc(-n2cnnn2)cc1. The number of carbonyl (C=O) groups excluding carboxylic acids is 1. The second-order valence-electron chi connectivity index (χ2n) is 6.22. The zero-order valence-corrected chi connectivity index (χ0v) is 14.4. The van der Waals surface area contributed by atoms with Gasteiger partial charge in [-0.2, -0.15) is 5.10 Å². The fourth-order valence-electron chi connectivity index (χ4n) is 3.22. The van der Waals surface area contributed by atoms with E-state index in [2.05, 4.69) is 25.9 Å². The van der Waals surface area contributed by atoms with E-state index in [0.717, 1.165) is 30.5 Å². The molecule has 0 fully saturated rings. The number of carbonyl (C=O) groups is 1. The largest absolute Gasteiger partial charge is 0.484 e. The van der Waals surface area contributed by atoms with Crippen molar-refractivity contribution in [2.24, 2.45) is 7.05 Å². The lowest BCUT2D eigenvalue weighted by Crippen LogP contribution is -2.34. The molecule has 1 aliphatic carbocycles. The standard InChI is InChI=1S/C17H19N7O2/c1-23-16-4-2-3-15(14(16)9-19-23)20-17(25)10-26-13-7-5-12(6-8-13)24-11-18-21-22-24/h5-9,11,15H,2-4,10H2,1H3,(H,20,25)/t15-/m1/s1. The van der Waals surface area contributed by atoms with Crippen molar-refractivity contribution in [3.8, 4) is 11.4 Å². The molecule has 1 aliphatic rings. The molecule has 0 saturated carbocycles. The Hall–Kier alpha value is -3.23. The smallest absolute Gasteiger partial charge is 0.258 e. The number of nitrogens with zero attached hydrogens (tertiary/aromatic N) is 6. The van der Waals surface area contributed by atoms with Gasteiger partial charge in [0.2, 0.25) is 0 Å². The molecule has 0 bridgehead atoms. The van der Waals surface area contributed by atoms with Crippen molar-refractivity contribution in [3.05, 3.63) is 48.0 Å². The van der Waals surface area contributed by atoms with Gasteiger partial charge in [-0.05, 0) is 54.0 Å². The molecule has 1 aromatic carbocycles. The van der Waals surface area contributed by atoms with E-state index in [-0.39, 0.29) is 18.6 Å². The van der Waals surface area contributed by atoms with Crippen LogP contribution in [-0.2, 0) is 18.3 Å². The predicted molar refractivity (Wildman–Crippen MR) is 91.7 cm³/mol. The number of nitrogens with one attached hydrogen (secondary N) is 1. The van der Waals surface area contributed by atoms with Crippen molar-refractivity contribution in [2.45, 2.75) is 25.3 Å². The Bertz CT molecular complexity index is 886. The number of ether oxygens (including phenoxy) is 1. The molecule has 26 heavy (non-hydrogen) atoms. The van der Waals surface area contributed by atoms with E-state index in [0.29, 0.717) is 5.75 Å². The van der Waals surface area contributed by atoms with E-state index >= 15 is 0 Å². The van der Waals surface area contributed by atoms with Crippen LogP contribution < -0.4 is 10.1 Å². The molecule has 0 spiro atoms. The average molecular weight is 353 g/mol. The Balaban J connectivity index is 1.33. The van der Waals surface area contributed by atoms with Gasteiger partial charge in [-0.25, -0.2) is 4.68 Å². The molecule has 0 radical (unpaired) electrons. The van der Waals surface area contributed by atoms with Crippen LogP contribution in [0.2, 0.25) is 0 Å². The van der Waals surface area contributed by atoms with E-state index in [1.165, 1.54) is 12.0 Å². The molecular formula is C17H19N7O2. The molecule has 3 aromatic rings. The summed E-state index contributed by atoms with van der Waals surface area (Å²) in [6.45, 7) is -0.0314. The van der Waals surface area contributed by atoms with Gasteiger partial charge in [0.05, 0.1) is 17.9 Å². The van der Waals surface area contributed by atoms with Crippen molar-refractivity contribution in [2.75, 3.05) is 6.61 Å². The fourth-order valence-corrected chi connectivity index (χ4v) is 3.22. The van der Waals surface area contributed by atoms with Crippen molar-refractivity contribution in [3.63, 3.8) is 0 Å². The number of aromatic nitrogens is 6. The number of amides is 1. The third-order valence-electron chi connectivity index (χ3n) is 4.53. The molecule has 0 saturated heterocycles. The molecule has 2 aromatic heterocycles.